The van der Waals surface area contributed by atoms with Gasteiger partial charge in [-0.1, -0.05) is 37.1 Å². The fraction of sp³-hybridized carbons (Fsp3) is 0.426. The van der Waals surface area contributed by atoms with E-state index < -0.39 is 77.6 Å². The number of nitrogens with zero attached hydrogens (tertiary/aromatic N) is 6. The van der Waals surface area contributed by atoms with Gasteiger partial charge in [0, 0.05) is 50.4 Å². The lowest BCUT2D eigenvalue weighted by molar-refractivity contribution is -0.147. The maximum Gasteiger partial charge on any atom is 0.302 e. The normalized spacial score (nSPS) is 18.1. The van der Waals surface area contributed by atoms with Crippen LogP contribution in [0.5, 0.6) is 0 Å². The predicted molar refractivity (Wildman–Crippen MR) is 269 cm³/mol. The number of pyridine rings is 1. The third-order valence-corrected chi connectivity index (χ3v) is 13.6. The average Bonchev–Trinajstić information content (AvgIpc) is 3.83. The van der Waals surface area contributed by atoms with Crippen LogP contribution in [0.3, 0.4) is 0 Å². The first-order valence-electron chi connectivity index (χ1n) is 25.7. The molecule has 3 aromatic heterocycles. The van der Waals surface area contributed by atoms with E-state index in [0.29, 0.717) is 41.8 Å². The first-order chi connectivity index (χ1) is 37.7. The Morgan fingerprint density at radius 1 is 0.910 bits per heavy atom. The summed E-state index contributed by atoms with van der Waals surface area (Å²) < 4.78 is 57.4. The minimum atomic E-state index is -3.03. The Hall–Kier alpha value is -8.09. The second-order valence-electron chi connectivity index (χ2n) is 19.3. The molecule has 3 N–H and O–H groups in total. The first kappa shape index (κ1) is 54.7. The van der Waals surface area contributed by atoms with Gasteiger partial charge in [0.1, 0.15) is 31.1 Å². The fourth-order valence-electron chi connectivity index (χ4n) is 9.54. The van der Waals surface area contributed by atoms with Crippen LogP contribution in [-0.2, 0) is 62.3 Å². The van der Waals surface area contributed by atoms with Crippen molar-refractivity contribution < 1.29 is 70.5 Å². The van der Waals surface area contributed by atoms with Crippen LogP contribution < -0.4 is 16.0 Å². The van der Waals surface area contributed by atoms with Crippen molar-refractivity contribution in [1.82, 2.24) is 40.2 Å². The molecule has 78 heavy (non-hydrogen) atoms. The SMILES string of the molecule is CC(=O)O[C@@H]1C[C@@H](C(=O)NCc2ccc(-n3cc(NC(=O)c4coc(-c5ccnc(CCC6CC6)c5)n4)c(C(F)F)n3)cc2)N(C(=O)COCCOCCOCCCc2cccc3c2C(=O)N(C2CCC(=O)NC2=O)C3=O)C1. The van der Waals surface area contributed by atoms with E-state index >= 15 is 0 Å². The van der Waals surface area contributed by atoms with E-state index in [-0.39, 0.29) is 93.8 Å². The highest BCUT2D eigenvalue weighted by Gasteiger charge is 2.46. The summed E-state index contributed by atoms with van der Waals surface area (Å²) in [6, 6.07) is 13.0. The third-order valence-electron chi connectivity index (χ3n) is 13.6. The Labute approximate surface area is 445 Å². The van der Waals surface area contributed by atoms with Gasteiger partial charge in [-0.15, -0.1) is 0 Å². The number of carbonyl (C=O) groups excluding carboxylic acids is 8. The summed E-state index contributed by atoms with van der Waals surface area (Å²) in [5.41, 5.74) is 2.64. The van der Waals surface area contributed by atoms with Gasteiger partial charge in [0.2, 0.25) is 29.5 Å². The molecule has 3 aliphatic heterocycles. The zero-order chi connectivity index (χ0) is 54.9. The van der Waals surface area contributed by atoms with Crippen molar-refractivity contribution in [1.29, 1.82) is 0 Å². The number of piperidine rings is 1. The zero-order valence-corrected chi connectivity index (χ0v) is 42.6. The topological polar surface area (TPSA) is 273 Å². The first-order valence-corrected chi connectivity index (χ1v) is 25.7. The molecule has 4 aliphatic rings. The van der Waals surface area contributed by atoms with Gasteiger partial charge in [-0.25, -0.2) is 18.4 Å². The number of hydrogen-bond acceptors (Lipinski definition) is 16. The Morgan fingerprint density at radius 3 is 2.42 bits per heavy atom. The standard InChI is InChI=1S/C54H57F2N9O13/c1-31(66)78-38-25-43(63(27-38)45(68)30-76-23-22-75-21-20-74-19-3-5-34-4-2-6-39-46(34)54(73)65(53(39)72)42-15-16-44(67)61-51(42)71)50(70)58-26-33-10-13-37(14-11-33)64-28-40(47(62-64)48(55)56)59-49(69)41-29-77-52(60-41)35-17-18-57-36(24-35)12-9-32-7-8-32/h2,4,6,10-11,13-14,17-18,24,28-29,32,38,42-43,48H,3,5,7-9,12,15-16,19-23,25-27,30H2,1H3,(H,58,70)(H,59,69)(H,61,67,71)/t38-,42?,43+/m1/s1. The molecule has 2 aromatic carbocycles. The lowest BCUT2D eigenvalue weighted by atomic mass is 9.99. The molecule has 1 aliphatic carbocycles. The number of carbonyl (C=O) groups is 8. The van der Waals surface area contributed by atoms with Crippen LogP contribution in [-0.4, -0.2) is 141 Å². The summed E-state index contributed by atoms with van der Waals surface area (Å²) in [4.78, 5) is 113. The van der Waals surface area contributed by atoms with Gasteiger partial charge in [0.15, 0.2) is 11.4 Å². The quantitative estimate of drug-likeness (QED) is 0.0406. The summed E-state index contributed by atoms with van der Waals surface area (Å²) in [5.74, 6) is -3.66. The Morgan fingerprint density at radius 2 is 1.68 bits per heavy atom. The number of ether oxygens (including phenoxy) is 4. The van der Waals surface area contributed by atoms with Gasteiger partial charge >= 0.3 is 5.97 Å². The minimum absolute atomic E-state index is 0.0242. The van der Waals surface area contributed by atoms with Crippen LogP contribution in [0.2, 0.25) is 0 Å². The van der Waals surface area contributed by atoms with Gasteiger partial charge in [-0.05, 0) is 79.5 Å². The van der Waals surface area contributed by atoms with Crippen molar-refractivity contribution >= 4 is 53.0 Å². The highest BCUT2D eigenvalue weighted by atomic mass is 19.3. The molecule has 410 valence electrons. The number of imide groups is 2. The summed E-state index contributed by atoms with van der Waals surface area (Å²) in [6.07, 6.45) is 5.76. The number of anilines is 1. The maximum absolute atomic E-state index is 14.2. The van der Waals surface area contributed by atoms with E-state index in [1.54, 1.807) is 54.7 Å². The molecule has 3 fully saturated rings. The van der Waals surface area contributed by atoms with Crippen LogP contribution in [0.25, 0.3) is 17.1 Å². The molecule has 1 saturated carbocycles. The highest BCUT2D eigenvalue weighted by Crippen LogP contribution is 2.34. The lowest BCUT2D eigenvalue weighted by Gasteiger charge is -2.27. The number of hydrogen-bond donors (Lipinski definition) is 3. The molecule has 0 bridgehead atoms. The largest absolute Gasteiger partial charge is 0.461 e. The van der Waals surface area contributed by atoms with Crippen LogP contribution >= 0.6 is 0 Å². The van der Waals surface area contributed by atoms with E-state index in [1.165, 1.54) is 35.5 Å². The molecule has 22 nitrogen and oxygen atoms in total. The zero-order valence-electron chi connectivity index (χ0n) is 42.6. The number of halogens is 2. The van der Waals surface area contributed by atoms with Crippen LogP contribution in [0.15, 0.2) is 77.7 Å². The van der Waals surface area contributed by atoms with Crippen molar-refractivity contribution in [3.05, 3.63) is 113 Å². The van der Waals surface area contributed by atoms with E-state index in [4.69, 9.17) is 23.4 Å². The third kappa shape index (κ3) is 13.3. The number of likely N-dealkylation sites (tertiary alicyclic amines) is 1. The van der Waals surface area contributed by atoms with Crippen molar-refractivity contribution in [2.45, 2.75) is 95.9 Å². The predicted octanol–water partition coefficient (Wildman–Crippen LogP) is 4.69. The smallest absolute Gasteiger partial charge is 0.302 e. The number of aromatic nitrogens is 4. The van der Waals surface area contributed by atoms with Gasteiger partial charge in [-0.2, -0.15) is 5.10 Å². The van der Waals surface area contributed by atoms with E-state index in [9.17, 15) is 47.1 Å². The van der Waals surface area contributed by atoms with Crippen LogP contribution in [0.1, 0.15) is 112 Å². The fourth-order valence-corrected chi connectivity index (χ4v) is 9.54. The molecule has 0 spiro atoms. The molecule has 7 amide bonds. The molecular formula is C54H57F2N9O13. The van der Waals surface area contributed by atoms with Crippen molar-refractivity contribution in [3.63, 3.8) is 0 Å². The van der Waals surface area contributed by atoms with Gasteiger partial charge in [0.05, 0.1) is 61.7 Å². The number of benzene rings is 2. The minimum Gasteiger partial charge on any atom is -0.461 e. The molecular weight excluding hydrogens is 1020 g/mol. The second kappa shape index (κ2) is 24.9. The molecule has 2 saturated heterocycles. The van der Waals surface area contributed by atoms with Crippen LogP contribution in [0.4, 0.5) is 14.5 Å². The molecule has 1 unspecified atom stereocenters. The van der Waals surface area contributed by atoms with Gasteiger partial charge in [0.25, 0.3) is 24.1 Å². The van der Waals surface area contributed by atoms with Crippen molar-refractivity contribution in [2.24, 2.45) is 5.92 Å². The molecule has 6 heterocycles. The van der Waals surface area contributed by atoms with Gasteiger partial charge in [-0.3, -0.25) is 53.6 Å². The number of aryl methyl sites for hydroxylation is 2. The molecule has 0 radical (unpaired) electrons. The summed E-state index contributed by atoms with van der Waals surface area (Å²) in [5, 5.41) is 11.5. The number of rotatable bonds is 25. The van der Waals surface area contributed by atoms with E-state index in [1.807, 2.05) is 6.07 Å². The number of amides is 7. The Kier molecular flexibility index (Phi) is 17.5. The average molecular weight is 1080 g/mol. The highest BCUT2D eigenvalue weighted by molar-refractivity contribution is 6.24. The van der Waals surface area contributed by atoms with Gasteiger partial charge < -0.3 is 38.9 Å². The number of nitrogens with one attached hydrogen (secondary N) is 3. The van der Waals surface area contributed by atoms with E-state index in [2.05, 4.69) is 31.0 Å². The Balaban J connectivity index is 0.690. The molecule has 3 atom stereocenters. The Bertz CT molecular complexity index is 3070. The lowest BCUT2D eigenvalue weighted by Crippen LogP contribution is -2.54. The van der Waals surface area contributed by atoms with Crippen molar-refractivity contribution in [3.8, 4) is 17.1 Å². The molecule has 9 rings (SSSR count). The number of esters is 1. The second-order valence-corrected chi connectivity index (χ2v) is 19.3. The number of fused-ring (bicyclic) bond motifs is 1. The summed E-state index contributed by atoms with van der Waals surface area (Å²) >= 11 is 0. The molecule has 5 aromatic rings. The molecule has 24 heteroatoms. The maximum atomic E-state index is 14.2. The number of alkyl halides is 2. The summed E-state index contributed by atoms with van der Waals surface area (Å²) in [7, 11) is 0. The number of oxazole rings is 1. The van der Waals surface area contributed by atoms with Crippen molar-refractivity contribution in [2.75, 3.05) is 51.5 Å². The monoisotopic (exact) mass is 1080 g/mol. The van der Waals surface area contributed by atoms with Crippen LogP contribution in [0, 0.1) is 5.92 Å². The van der Waals surface area contributed by atoms with E-state index in [0.717, 1.165) is 35.6 Å². The summed E-state index contributed by atoms with van der Waals surface area (Å²) in [6.45, 7) is 1.85.